The molecule has 3 aromatic rings. The van der Waals surface area contributed by atoms with E-state index in [4.69, 9.17) is 4.74 Å². The van der Waals surface area contributed by atoms with E-state index in [9.17, 15) is 13.2 Å². The van der Waals surface area contributed by atoms with E-state index in [-0.39, 0.29) is 10.8 Å². The lowest BCUT2D eigenvalue weighted by atomic mass is 10.1. The third kappa shape index (κ3) is 5.31. The molecule has 2 heterocycles. The van der Waals surface area contributed by atoms with Gasteiger partial charge in [-0.25, -0.2) is 8.42 Å². The van der Waals surface area contributed by atoms with Crippen molar-refractivity contribution >= 4 is 33.0 Å². The summed E-state index contributed by atoms with van der Waals surface area (Å²) in [5, 5.41) is 2.79. The molecular formula is C25H28N4O4S. The SMILES string of the molecule is COc1ccccc1NS(=O)(=O)c1cc(NC(=O)c2ccc(C)nc2)ccc1N1CCCCC1. The van der Waals surface area contributed by atoms with Crippen LogP contribution < -0.4 is 19.7 Å². The van der Waals surface area contributed by atoms with E-state index < -0.39 is 10.0 Å². The van der Waals surface area contributed by atoms with Gasteiger partial charge in [0.25, 0.3) is 15.9 Å². The summed E-state index contributed by atoms with van der Waals surface area (Å²) in [6.45, 7) is 3.39. The molecule has 0 radical (unpaired) electrons. The molecule has 0 saturated carbocycles. The molecule has 1 saturated heterocycles. The quantitative estimate of drug-likeness (QED) is 0.518. The number of anilines is 3. The molecule has 1 aliphatic heterocycles. The van der Waals surface area contributed by atoms with Gasteiger partial charge < -0.3 is 15.0 Å². The number of nitrogens with zero attached hydrogens (tertiary/aromatic N) is 2. The van der Waals surface area contributed by atoms with Gasteiger partial charge in [0.1, 0.15) is 10.6 Å². The minimum Gasteiger partial charge on any atom is -0.495 e. The molecule has 2 aromatic carbocycles. The van der Waals surface area contributed by atoms with E-state index in [1.54, 1.807) is 48.5 Å². The van der Waals surface area contributed by atoms with Crippen molar-refractivity contribution in [3.05, 3.63) is 72.1 Å². The van der Waals surface area contributed by atoms with Crippen molar-refractivity contribution in [2.24, 2.45) is 0 Å². The van der Waals surface area contributed by atoms with Gasteiger partial charge in [0.2, 0.25) is 0 Å². The van der Waals surface area contributed by atoms with Crippen LogP contribution in [0.25, 0.3) is 0 Å². The normalized spacial score (nSPS) is 13.9. The van der Waals surface area contributed by atoms with Gasteiger partial charge in [-0.05, 0) is 68.7 Å². The third-order valence-corrected chi connectivity index (χ3v) is 7.12. The largest absolute Gasteiger partial charge is 0.495 e. The Morgan fingerprint density at radius 3 is 2.50 bits per heavy atom. The van der Waals surface area contributed by atoms with Crippen LogP contribution in [-0.2, 0) is 10.0 Å². The Morgan fingerprint density at radius 1 is 1.03 bits per heavy atom. The molecule has 34 heavy (non-hydrogen) atoms. The molecule has 0 unspecified atom stereocenters. The van der Waals surface area contributed by atoms with Crippen molar-refractivity contribution in [3.63, 3.8) is 0 Å². The van der Waals surface area contributed by atoms with Crippen LogP contribution in [0, 0.1) is 6.92 Å². The number of amides is 1. The summed E-state index contributed by atoms with van der Waals surface area (Å²) in [7, 11) is -2.50. The summed E-state index contributed by atoms with van der Waals surface area (Å²) in [4.78, 5) is 19.0. The van der Waals surface area contributed by atoms with E-state index in [1.165, 1.54) is 19.4 Å². The lowest BCUT2D eigenvalue weighted by molar-refractivity contribution is 0.102. The number of para-hydroxylation sites is 2. The number of aromatic nitrogens is 1. The van der Waals surface area contributed by atoms with Gasteiger partial charge in [0, 0.05) is 30.7 Å². The van der Waals surface area contributed by atoms with Gasteiger partial charge in [0.05, 0.1) is 24.0 Å². The first-order chi connectivity index (χ1) is 16.4. The predicted molar refractivity (Wildman–Crippen MR) is 133 cm³/mol. The van der Waals surface area contributed by atoms with Gasteiger partial charge in [-0.2, -0.15) is 0 Å². The Bertz CT molecular complexity index is 1270. The van der Waals surface area contributed by atoms with Crippen LogP contribution >= 0.6 is 0 Å². The number of pyridine rings is 1. The van der Waals surface area contributed by atoms with Crippen molar-refractivity contribution < 1.29 is 17.9 Å². The van der Waals surface area contributed by atoms with Crippen LogP contribution in [0.15, 0.2) is 65.7 Å². The molecule has 1 amide bonds. The first-order valence-electron chi connectivity index (χ1n) is 11.2. The number of methoxy groups -OCH3 is 1. The monoisotopic (exact) mass is 480 g/mol. The van der Waals surface area contributed by atoms with Crippen LogP contribution in [0.2, 0.25) is 0 Å². The van der Waals surface area contributed by atoms with Crippen LogP contribution in [0.1, 0.15) is 35.3 Å². The lowest BCUT2D eigenvalue weighted by Crippen LogP contribution is -2.31. The Balaban J connectivity index is 1.70. The van der Waals surface area contributed by atoms with Gasteiger partial charge in [-0.3, -0.25) is 14.5 Å². The van der Waals surface area contributed by atoms with Gasteiger partial charge in [0.15, 0.2) is 0 Å². The van der Waals surface area contributed by atoms with Crippen molar-refractivity contribution in [1.82, 2.24) is 4.98 Å². The number of carbonyl (C=O) groups is 1. The molecule has 0 bridgehead atoms. The van der Waals surface area contributed by atoms with Crippen LogP contribution in [-0.4, -0.2) is 39.5 Å². The minimum absolute atomic E-state index is 0.0973. The Labute approximate surface area is 200 Å². The average Bonchev–Trinajstić information content (AvgIpc) is 2.85. The van der Waals surface area contributed by atoms with Crippen LogP contribution in [0.5, 0.6) is 5.75 Å². The summed E-state index contributed by atoms with van der Waals surface area (Å²) in [5.74, 6) is 0.0567. The highest BCUT2D eigenvalue weighted by atomic mass is 32.2. The maximum atomic E-state index is 13.6. The topological polar surface area (TPSA) is 101 Å². The Hall–Kier alpha value is -3.59. The summed E-state index contributed by atoms with van der Waals surface area (Å²) in [6, 6.07) is 15.3. The number of aryl methyl sites for hydroxylation is 1. The van der Waals surface area contributed by atoms with Crippen molar-refractivity contribution in [2.45, 2.75) is 31.1 Å². The molecule has 8 nitrogen and oxygen atoms in total. The number of hydrogen-bond acceptors (Lipinski definition) is 6. The molecule has 1 aliphatic rings. The number of nitrogens with one attached hydrogen (secondary N) is 2. The second-order valence-corrected chi connectivity index (χ2v) is 9.83. The lowest BCUT2D eigenvalue weighted by Gasteiger charge is -2.30. The Morgan fingerprint density at radius 2 is 1.79 bits per heavy atom. The molecule has 1 fully saturated rings. The number of piperidine rings is 1. The highest BCUT2D eigenvalue weighted by Gasteiger charge is 2.25. The number of carbonyl (C=O) groups excluding carboxylic acids is 1. The molecule has 1 aromatic heterocycles. The summed E-state index contributed by atoms with van der Waals surface area (Å²) in [5.41, 5.74) is 2.53. The number of sulfonamides is 1. The summed E-state index contributed by atoms with van der Waals surface area (Å²) < 4.78 is 35.1. The van der Waals surface area contributed by atoms with Gasteiger partial charge in [-0.15, -0.1) is 0 Å². The number of ether oxygens (including phenoxy) is 1. The zero-order chi connectivity index (χ0) is 24.1. The molecule has 9 heteroatoms. The van der Waals surface area contributed by atoms with Crippen molar-refractivity contribution in [2.75, 3.05) is 35.1 Å². The van der Waals surface area contributed by atoms with E-state index in [0.717, 1.165) is 38.0 Å². The van der Waals surface area contributed by atoms with E-state index in [0.29, 0.717) is 28.4 Å². The number of hydrogen-bond donors (Lipinski definition) is 2. The summed E-state index contributed by atoms with van der Waals surface area (Å²) >= 11 is 0. The molecule has 178 valence electrons. The standard InChI is InChI=1S/C25H28N4O4S/c1-18-10-11-19(17-26-18)25(30)27-20-12-13-22(29-14-6-3-7-15-29)24(16-20)34(31,32)28-21-8-4-5-9-23(21)33-2/h4-5,8-13,16-17,28H,3,6-7,14-15H2,1-2H3,(H,27,30). The molecule has 4 rings (SSSR count). The van der Waals surface area contributed by atoms with E-state index in [1.807, 2.05) is 6.92 Å². The number of rotatable bonds is 7. The fraction of sp³-hybridized carbons (Fsp3) is 0.280. The maximum Gasteiger partial charge on any atom is 0.264 e. The first-order valence-corrected chi connectivity index (χ1v) is 12.6. The highest BCUT2D eigenvalue weighted by Crippen LogP contribution is 2.33. The first kappa shape index (κ1) is 23.6. The molecule has 0 atom stereocenters. The minimum atomic E-state index is -3.99. The summed E-state index contributed by atoms with van der Waals surface area (Å²) in [6.07, 6.45) is 4.61. The second kappa shape index (κ2) is 10.1. The predicted octanol–water partition coefficient (Wildman–Crippen LogP) is 4.44. The van der Waals surface area contributed by atoms with Crippen LogP contribution in [0.3, 0.4) is 0 Å². The zero-order valence-corrected chi connectivity index (χ0v) is 20.1. The average molecular weight is 481 g/mol. The second-order valence-electron chi connectivity index (χ2n) is 8.18. The molecular weight excluding hydrogens is 452 g/mol. The maximum absolute atomic E-state index is 13.6. The fourth-order valence-electron chi connectivity index (χ4n) is 3.94. The van der Waals surface area contributed by atoms with Gasteiger partial charge in [-0.1, -0.05) is 12.1 Å². The molecule has 0 spiro atoms. The number of benzene rings is 2. The van der Waals surface area contributed by atoms with E-state index in [2.05, 4.69) is 19.9 Å². The molecule has 2 N–H and O–H groups in total. The fourth-order valence-corrected chi connectivity index (χ4v) is 5.26. The van der Waals surface area contributed by atoms with Crippen molar-refractivity contribution in [1.29, 1.82) is 0 Å². The Kier molecular flexibility index (Phi) is 7.02. The van der Waals surface area contributed by atoms with Crippen molar-refractivity contribution in [3.8, 4) is 5.75 Å². The van der Waals surface area contributed by atoms with Gasteiger partial charge >= 0.3 is 0 Å². The third-order valence-electron chi connectivity index (χ3n) is 5.73. The van der Waals surface area contributed by atoms with Crippen LogP contribution in [0.4, 0.5) is 17.1 Å². The van der Waals surface area contributed by atoms with E-state index >= 15 is 0 Å². The zero-order valence-electron chi connectivity index (χ0n) is 19.2. The highest BCUT2D eigenvalue weighted by molar-refractivity contribution is 7.93. The smallest absolute Gasteiger partial charge is 0.264 e. The molecule has 0 aliphatic carbocycles.